The number of carbonyl (C=O) groups excluding carboxylic acids is 2. The average molecular weight is 917 g/mol. The molecule has 3 atom stereocenters. The van der Waals surface area contributed by atoms with Gasteiger partial charge in [-0.25, -0.2) is 0 Å². The smallest absolute Gasteiger partial charge is 0.306 e. The predicted molar refractivity (Wildman–Crippen MR) is 283 cm³/mol. The lowest BCUT2D eigenvalue weighted by Crippen LogP contribution is -2.46. The highest BCUT2D eigenvalue weighted by Gasteiger charge is 2.24. The van der Waals surface area contributed by atoms with E-state index in [1.54, 1.807) is 0 Å². The van der Waals surface area contributed by atoms with E-state index in [9.17, 15) is 19.8 Å². The van der Waals surface area contributed by atoms with Crippen LogP contribution in [0.2, 0.25) is 0 Å². The Labute approximate surface area is 405 Å². The SMILES string of the molecule is CCCCCCCC/C=C/CCCCCCCCCCCC(=O)OC(CCCCC/C=C/CCCCCCCCCCC)CC(=O)NC(CO)C(O)CCCCCCCCCCCCC. The number of ether oxygens (including phenoxy) is 1. The summed E-state index contributed by atoms with van der Waals surface area (Å²) >= 11 is 0. The molecule has 6 nitrogen and oxygen atoms in total. The van der Waals surface area contributed by atoms with E-state index in [0.717, 1.165) is 57.8 Å². The minimum absolute atomic E-state index is 0.0710. The molecule has 6 heteroatoms. The first-order chi connectivity index (χ1) is 32.0. The summed E-state index contributed by atoms with van der Waals surface area (Å²) in [7, 11) is 0. The zero-order chi connectivity index (χ0) is 47.4. The summed E-state index contributed by atoms with van der Waals surface area (Å²) < 4.78 is 5.96. The van der Waals surface area contributed by atoms with E-state index < -0.39 is 18.2 Å². The van der Waals surface area contributed by atoms with E-state index in [4.69, 9.17) is 4.74 Å². The molecule has 0 heterocycles. The van der Waals surface area contributed by atoms with Crippen molar-refractivity contribution in [2.24, 2.45) is 0 Å². The van der Waals surface area contributed by atoms with Gasteiger partial charge in [-0.2, -0.15) is 0 Å². The first-order valence-corrected chi connectivity index (χ1v) is 29.1. The van der Waals surface area contributed by atoms with Crippen LogP contribution in [-0.4, -0.2) is 46.9 Å². The summed E-state index contributed by atoms with van der Waals surface area (Å²) in [6.07, 6.45) is 62.5. The molecule has 0 aromatic rings. The van der Waals surface area contributed by atoms with E-state index in [-0.39, 0.29) is 24.9 Å². The minimum atomic E-state index is -0.788. The van der Waals surface area contributed by atoms with Crippen LogP contribution in [-0.2, 0) is 14.3 Å². The molecule has 0 aromatic carbocycles. The summed E-state index contributed by atoms with van der Waals surface area (Å²) in [6.45, 7) is 6.50. The van der Waals surface area contributed by atoms with Crippen LogP contribution in [0, 0.1) is 0 Å². The van der Waals surface area contributed by atoms with Crippen LogP contribution in [0.4, 0.5) is 0 Å². The fourth-order valence-corrected chi connectivity index (χ4v) is 9.07. The van der Waals surface area contributed by atoms with Crippen molar-refractivity contribution in [3.8, 4) is 0 Å². The standard InChI is InChI=1S/C59H113NO5/c1-4-7-10-13-16-19-22-24-26-28-29-30-32-34-37-40-43-46-49-52-59(64)65-55(50-47-44-41-38-36-33-31-27-25-23-20-17-14-11-8-5-2)53-58(63)60-56(54-61)57(62)51-48-45-42-39-35-21-18-15-12-9-6-3/h24,26,33,36,55-57,61-62H,4-23,25,27-32,34-35,37-54H2,1-3H3,(H,60,63)/b26-24+,36-33+. The average Bonchev–Trinajstić information content (AvgIpc) is 3.30. The van der Waals surface area contributed by atoms with Crippen LogP contribution >= 0.6 is 0 Å². The molecule has 1 amide bonds. The lowest BCUT2D eigenvalue weighted by molar-refractivity contribution is -0.151. The summed E-state index contributed by atoms with van der Waals surface area (Å²) in [5.74, 6) is -0.474. The van der Waals surface area contributed by atoms with E-state index in [2.05, 4.69) is 50.4 Å². The highest BCUT2D eigenvalue weighted by Crippen LogP contribution is 2.18. The van der Waals surface area contributed by atoms with Crippen LogP contribution in [0.15, 0.2) is 24.3 Å². The van der Waals surface area contributed by atoms with Crippen molar-refractivity contribution in [2.75, 3.05) is 6.61 Å². The minimum Gasteiger partial charge on any atom is -0.462 e. The normalized spacial score (nSPS) is 13.2. The number of aliphatic hydroxyl groups is 2. The molecule has 3 N–H and O–H groups in total. The van der Waals surface area contributed by atoms with Crippen molar-refractivity contribution in [3.63, 3.8) is 0 Å². The predicted octanol–water partition coefficient (Wildman–Crippen LogP) is 17.9. The molecule has 3 unspecified atom stereocenters. The maximum atomic E-state index is 13.2. The molecule has 0 radical (unpaired) electrons. The maximum Gasteiger partial charge on any atom is 0.306 e. The van der Waals surface area contributed by atoms with Gasteiger partial charge in [0.1, 0.15) is 6.10 Å². The highest BCUT2D eigenvalue weighted by atomic mass is 16.5. The van der Waals surface area contributed by atoms with Gasteiger partial charge in [0, 0.05) is 6.42 Å². The lowest BCUT2D eigenvalue weighted by atomic mass is 10.0. The van der Waals surface area contributed by atoms with Gasteiger partial charge in [0.15, 0.2) is 0 Å². The summed E-state index contributed by atoms with van der Waals surface area (Å²) in [4.78, 5) is 26.3. The van der Waals surface area contributed by atoms with Crippen molar-refractivity contribution in [2.45, 2.75) is 334 Å². The Kier molecular flexibility index (Phi) is 51.9. The van der Waals surface area contributed by atoms with Crippen molar-refractivity contribution >= 4 is 11.9 Å². The number of aliphatic hydroxyl groups excluding tert-OH is 2. The second-order valence-electron chi connectivity index (χ2n) is 20.0. The number of nitrogens with one attached hydrogen (secondary N) is 1. The monoisotopic (exact) mass is 916 g/mol. The van der Waals surface area contributed by atoms with Crippen LogP contribution in [0.25, 0.3) is 0 Å². The van der Waals surface area contributed by atoms with Crippen molar-refractivity contribution in [1.29, 1.82) is 0 Å². The topological polar surface area (TPSA) is 95.9 Å². The zero-order valence-corrected chi connectivity index (χ0v) is 43.9. The largest absolute Gasteiger partial charge is 0.462 e. The van der Waals surface area contributed by atoms with Gasteiger partial charge < -0.3 is 20.3 Å². The van der Waals surface area contributed by atoms with Crippen molar-refractivity contribution in [3.05, 3.63) is 24.3 Å². The van der Waals surface area contributed by atoms with Gasteiger partial charge in [-0.3, -0.25) is 9.59 Å². The maximum absolute atomic E-state index is 13.2. The van der Waals surface area contributed by atoms with Crippen LogP contribution in [0.3, 0.4) is 0 Å². The Morgan fingerprint density at radius 2 is 0.738 bits per heavy atom. The fourth-order valence-electron chi connectivity index (χ4n) is 9.07. The first kappa shape index (κ1) is 63.3. The molecule has 0 spiro atoms. The number of amides is 1. The van der Waals surface area contributed by atoms with Crippen LogP contribution in [0.5, 0.6) is 0 Å². The zero-order valence-electron chi connectivity index (χ0n) is 43.9. The van der Waals surface area contributed by atoms with Crippen molar-refractivity contribution < 1.29 is 24.5 Å². The number of esters is 1. The van der Waals surface area contributed by atoms with E-state index in [0.29, 0.717) is 19.3 Å². The van der Waals surface area contributed by atoms with Crippen LogP contribution in [0.1, 0.15) is 316 Å². The molecule has 65 heavy (non-hydrogen) atoms. The Hall–Kier alpha value is -1.66. The Bertz CT molecular complexity index is 1030. The number of allylic oxidation sites excluding steroid dienone is 4. The molecule has 0 aromatic heterocycles. The number of hydrogen-bond donors (Lipinski definition) is 3. The third-order valence-electron chi connectivity index (χ3n) is 13.5. The molecule has 0 aliphatic heterocycles. The summed E-state index contributed by atoms with van der Waals surface area (Å²) in [6, 6.07) is -0.703. The molecular weight excluding hydrogens is 803 g/mol. The van der Waals surface area contributed by atoms with Crippen LogP contribution < -0.4 is 5.32 Å². The molecule has 384 valence electrons. The quantitative estimate of drug-likeness (QED) is 0.0321. The van der Waals surface area contributed by atoms with Gasteiger partial charge >= 0.3 is 5.97 Å². The fraction of sp³-hybridized carbons (Fsp3) is 0.898. The molecular formula is C59H113NO5. The molecule has 0 aliphatic carbocycles. The highest BCUT2D eigenvalue weighted by molar-refractivity contribution is 5.77. The number of hydrogen-bond acceptors (Lipinski definition) is 5. The Morgan fingerprint density at radius 3 is 1.11 bits per heavy atom. The number of carbonyl (C=O) groups is 2. The third-order valence-corrected chi connectivity index (χ3v) is 13.5. The second-order valence-corrected chi connectivity index (χ2v) is 20.0. The van der Waals surface area contributed by atoms with Gasteiger partial charge in [-0.15, -0.1) is 0 Å². The molecule has 0 saturated heterocycles. The lowest BCUT2D eigenvalue weighted by Gasteiger charge is -2.24. The summed E-state index contributed by atoms with van der Waals surface area (Å²) in [5, 5.41) is 23.8. The van der Waals surface area contributed by atoms with Gasteiger partial charge in [-0.1, -0.05) is 251 Å². The van der Waals surface area contributed by atoms with E-state index in [1.165, 1.54) is 212 Å². The molecule has 0 aliphatic rings. The van der Waals surface area contributed by atoms with Gasteiger partial charge in [0.25, 0.3) is 0 Å². The number of rotatable bonds is 53. The molecule has 0 rings (SSSR count). The van der Waals surface area contributed by atoms with Gasteiger partial charge in [-0.05, 0) is 77.0 Å². The summed E-state index contributed by atoms with van der Waals surface area (Å²) in [5.41, 5.74) is 0. The number of unbranched alkanes of at least 4 members (excludes halogenated alkanes) is 37. The van der Waals surface area contributed by atoms with E-state index >= 15 is 0 Å². The van der Waals surface area contributed by atoms with Gasteiger partial charge in [0.05, 0.1) is 25.2 Å². The first-order valence-electron chi connectivity index (χ1n) is 29.1. The van der Waals surface area contributed by atoms with E-state index in [1.807, 2.05) is 0 Å². The second kappa shape index (κ2) is 53.3. The third kappa shape index (κ3) is 48.6. The molecule has 0 saturated carbocycles. The van der Waals surface area contributed by atoms with Gasteiger partial charge in [0.2, 0.25) is 5.91 Å². The molecule has 0 fully saturated rings. The van der Waals surface area contributed by atoms with Crippen molar-refractivity contribution in [1.82, 2.24) is 5.32 Å². The molecule has 0 bridgehead atoms. The Morgan fingerprint density at radius 1 is 0.431 bits per heavy atom. The Balaban J connectivity index is 4.53.